The molecule has 2 atom stereocenters. The number of aromatic hydroxyl groups is 1. The molecule has 0 spiro atoms. The van der Waals surface area contributed by atoms with E-state index in [1.54, 1.807) is 12.1 Å². The number of Topliss-reactive ketones (excluding diaryl/α,β-unsaturated/α-hetero) is 1. The second kappa shape index (κ2) is 8.65. The number of ketones is 1. The number of phenolic OH excluding ortho intramolecular Hbond substituents is 1. The molecular weight excluding hydrogens is 459 g/mol. The number of hydrogen-bond acceptors (Lipinski definition) is 5. The zero-order valence-electron chi connectivity index (χ0n) is 17.9. The molecule has 168 valence electrons. The van der Waals surface area contributed by atoms with E-state index in [2.05, 4.69) is 10.6 Å². The van der Waals surface area contributed by atoms with Crippen molar-refractivity contribution in [3.63, 3.8) is 0 Å². The number of allylic oxidation sites excluding steroid dienone is 1. The number of rotatable bonds is 3. The predicted octanol–water partition coefficient (Wildman–Crippen LogP) is 6.69. The van der Waals surface area contributed by atoms with Crippen LogP contribution in [0.3, 0.4) is 0 Å². The van der Waals surface area contributed by atoms with Crippen LogP contribution in [0.2, 0.25) is 10.0 Å². The van der Waals surface area contributed by atoms with Gasteiger partial charge in [-0.3, -0.25) is 4.79 Å². The van der Waals surface area contributed by atoms with Crippen LogP contribution in [0.1, 0.15) is 35.9 Å². The molecule has 2 unspecified atom stereocenters. The lowest BCUT2D eigenvalue weighted by molar-refractivity contribution is -0.116. The summed E-state index contributed by atoms with van der Waals surface area (Å²) < 4.78 is 5.32. The van der Waals surface area contributed by atoms with Gasteiger partial charge in [-0.15, -0.1) is 0 Å². The van der Waals surface area contributed by atoms with Crippen LogP contribution in [-0.2, 0) is 4.79 Å². The largest absolute Gasteiger partial charge is 0.503 e. The molecular formula is C26H22Cl2N2O3. The highest BCUT2D eigenvalue weighted by atomic mass is 35.5. The van der Waals surface area contributed by atoms with Crippen molar-refractivity contribution in [2.24, 2.45) is 0 Å². The lowest BCUT2D eigenvalue weighted by atomic mass is 9.78. The molecule has 0 amide bonds. The molecule has 0 aromatic heterocycles. The Morgan fingerprint density at radius 2 is 1.70 bits per heavy atom. The van der Waals surface area contributed by atoms with Gasteiger partial charge >= 0.3 is 0 Å². The molecule has 3 N–H and O–H groups in total. The summed E-state index contributed by atoms with van der Waals surface area (Å²) in [4.78, 5) is 13.6. The fourth-order valence-electron chi connectivity index (χ4n) is 4.68. The van der Waals surface area contributed by atoms with Crippen molar-refractivity contribution in [3.05, 3.63) is 93.1 Å². The van der Waals surface area contributed by atoms with Crippen LogP contribution in [0.15, 0.2) is 71.9 Å². The van der Waals surface area contributed by atoms with Crippen LogP contribution in [0.4, 0.5) is 11.4 Å². The number of nitrogens with one attached hydrogen (secondary N) is 2. The molecule has 0 fully saturated rings. The number of fused-ring (bicyclic) bond motifs is 1. The van der Waals surface area contributed by atoms with Gasteiger partial charge in [-0.2, -0.15) is 0 Å². The lowest BCUT2D eigenvalue weighted by Crippen LogP contribution is -2.27. The number of hydrogen-bond donors (Lipinski definition) is 3. The first-order valence-electron chi connectivity index (χ1n) is 10.7. The minimum absolute atomic E-state index is 0.0266. The van der Waals surface area contributed by atoms with Crippen LogP contribution in [0, 0.1) is 0 Å². The Bertz CT molecular complexity index is 1290. The number of anilines is 2. The summed E-state index contributed by atoms with van der Waals surface area (Å²) in [5, 5.41) is 18.1. The minimum Gasteiger partial charge on any atom is -0.503 e. The molecule has 5 rings (SSSR count). The van der Waals surface area contributed by atoms with E-state index >= 15 is 0 Å². The fraction of sp³-hybridized carbons (Fsp3) is 0.192. The minimum atomic E-state index is -0.470. The van der Waals surface area contributed by atoms with Crippen molar-refractivity contribution in [3.8, 4) is 11.5 Å². The summed E-state index contributed by atoms with van der Waals surface area (Å²) in [6.07, 6.45) is 0.988. The van der Waals surface area contributed by atoms with Crippen molar-refractivity contribution < 1.29 is 14.6 Å². The number of para-hydroxylation sites is 2. The highest BCUT2D eigenvalue weighted by molar-refractivity contribution is 6.32. The van der Waals surface area contributed by atoms with Crippen molar-refractivity contribution in [1.82, 2.24) is 0 Å². The van der Waals surface area contributed by atoms with Crippen LogP contribution in [0.5, 0.6) is 11.5 Å². The number of methoxy groups -OCH3 is 1. The van der Waals surface area contributed by atoms with Crippen LogP contribution < -0.4 is 15.4 Å². The van der Waals surface area contributed by atoms with Gasteiger partial charge in [0.25, 0.3) is 0 Å². The van der Waals surface area contributed by atoms with Gasteiger partial charge in [-0.1, -0.05) is 53.5 Å². The van der Waals surface area contributed by atoms with Crippen LogP contribution in [0.25, 0.3) is 0 Å². The third-order valence-electron chi connectivity index (χ3n) is 6.26. The molecule has 1 heterocycles. The second-order valence-electron chi connectivity index (χ2n) is 8.24. The topological polar surface area (TPSA) is 70.6 Å². The average molecular weight is 481 g/mol. The summed E-state index contributed by atoms with van der Waals surface area (Å²) >= 11 is 12.8. The smallest absolute Gasteiger partial charge is 0.176 e. The maximum atomic E-state index is 13.6. The first kappa shape index (κ1) is 21.7. The molecule has 3 aromatic rings. The average Bonchev–Trinajstić information content (AvgIpc) is 2.98. The van der Waals surface area contributed by atoms with Gasteiger partial charge < -0.3 is 20.5 Å². The van der Waals surface area contributed by atoms with Gasteiger partial charge in [0.2, 0.25) is 0 Å². The summed E-state index contributed by atoms with van der Waals surface area (Å²) in [5.41, 5.74) is 4.95. The van der Waals surface area contributed by atoms with E-state index in [0.29, 0.717) is 23.4 Å². The van der Waals surface area contributed by atoms with Gasteiger partial charge in [-0.05, 0) is 53.8 Å². The summed E-state index contributed by atoms with van der Waals surface area (Å²) in [6, 6.07) is 18.4. The van der Waals surface area contributed by atoms with E-state index in [-0.39, 0.29) is 28.2 Å². The van der Waals surface area contributed by atoms with Crippen LogP contribution in [-0.4, -0.2) is 18.0 Å². The molecule has 1 aliphatic carbocycles. The van der Waals surface area contributed by atoms with Gasteiger partial charge in [0.1, 0.15) is 0 Å². The van der Waals surface area contributed by atoms with Gasteiger partial charge in [0, 0.05) is 22.7 Å². The van der Waals surface area contributed by atoms with Crippen molar-refractivity contribution in [1.29, 1.82) is 0 Å². The Hall–Kier alpha value is -3.15. The van der Waals surface area contributed by atoms with Gasteiger partial charge in [-0.25, -0.2) is 0 Å². The fourth-order valence-corrected chi connectivity index (χ4v) is 5.19. The van der Waals surface area contributed by atoms with E-state index in [0.717, 1.165) is 28.2 Å². The van der Waals surface area contributed by atoms with E-state index in [1.165, 1.54) is 7.11 Å². The third-order valence-corrected chi connectivity index (χ3v) is 6.89. The molecule has 1 aliphatic heterocycles. The van der Waals surface area contributed by atoms with E-state index < -0.39 is 6.04 Å². The second-order valence-corrected chi connectivity index (χ2v) is 9.06. The Kier molecular flexibility index (Phi) is 5.69. The summed E-state index contributed by atoms with van der Waals surface area (Å²) in [6.45, 7) is 0. The van der Waals surface area contributed by atoms with Crippen molar-refractivity contribution in [2.45, 2.75) is 24.8 Å². The maximum absolute atomic E-state index is 13.6. The van der Waals surface area contributed by atoms with Gasteiger partial charge in [0.15, 0.2) is 17.3 Å². The van der Waals surface area contributed by atoms with E-state index in [4.69, 9.17) is 27.9 Å². The number of carbonyl (C=O) groups excluding carboxylic acids is 1. The number of halogens is 2. The normalized spacial score (nSPS) is 19.7. The first-order valence-corrected chi connectivity index (χ1v) is 11.4. The Labute approximate surface area is 202 Å². The highest BCUT2D eigenvalue weighted by Gasteiger charge is 2.37. The first-order chi connectivity index (χ1) is 16.0. The Balaban J connectivity index is 1.65. The molecule has 5 nitrogen and oxygen atoms in total. The van der Waals surface area contributed by atoms with Gasteiger partial charge in [0.05, 0.1) is 29.5 Å². The molecule has 0 saturated carbocycles. The standard InChI is InChI=1S/C26H22Cl2N2O3/c1-33-23-13-15(10-18(28)26(23)32)25-24-21(29-19-8-4-5-9-20(19)30-25)11-14(12-22(24)31)16-6-2-3-7-17(16)27/h2-10,13-14,25,29-30,32H,11-12H2,1H3. The van der Waals surface area contributed by atoms with Crippen LogP contribution >= 0.6 is 23.2 Å². The Morgan fingerprint density at radius 1 is 0.970 bits per heavy atom. The quantitative estimate of drug-likeness (QED) is 0.389. The monoisotopic (exact) mass is 480 g/mol. The predicted molar refractivity (Wildman–Crippen MR) is 132 cm³/mol. The van der Waals surface area contributed by atoms with Crippen molar-refractivity contribution in [2.75, 3.05) is 17.7 Å². The highest BCUT2D eigenvalue weighted by Crippen LogP contribution is 2.47. The zero-order chi connectivity index (χ0) is 23.1. The molecule has 7 heteroatoms. The van der Waals surface area contributed by atoms with Crippen molar-refractivity contribution >= 4 is 40.4 Å². The lowest BCUT2D eigenvalue weighted by Gasteiger charge is -2.30. The number of ether oxygens (including phenoxy) is 1. The number of carbonyl (C=O) groups is 1. The number of benzene rings is 3. The molecule has 0 saturated heterocycles. The maximum Gasteiger partial charge on any atom is 0.176 e. The molecule has 2 aliphatic rings. The van der Waals surface area contributed by atoms with E-state index in [1.807, 2.05) is 48.5 Å². The SMILES string of the molecule is COc1cc(C2Nc3ccccc3NC3=C2C(=O)CC(c2ccccc2Cl)C3)cc(Cl)c1O. The number of phenols is 1. The summed E-state index contributed by atoms with van der Waals surface area (Å²) in [7, 11) is 1.47. The molecule has 3 aromatic carbocycles. The molecule has 33 heavy (non-hydrogen) atoms. The zero-order valence-corrected chi connectivity index (χ0v) is 19.4. The summed E-state index contributed by atoms with van der Waals surface area (Å²) in [5.74, 6) is 0.130. The molecule has 0 bridgehead atoms. The van der Waals surface area contributed by atoms with E-state index in [9.17, 15) is 9.90 Å². The molecule has 0 radical (unpaired) electrons. The Morgan fingerprint density at radius 3 is 2.45 bits per heavy atom. The third kappa shape index (κ3) is 3.92.